The van der Waals surface area contributed by atoms with E-state index in [2.05, 4.69) is 24.5 Å². The van der Waals surface area contributed by atoms with E-state index in [0.717, 1.165) is 25.3 Å². The van der Waals surface area contributed by atoms with Crippen molar-refractivity contribution in [3.05, 3.63) is 35.6 Å². The second-order valence-electron chi connectivity index (χ2n) is 6.80. The predicted molar refractivity (Wildman–Crippen MR) is 93.8 cm³/mol. The largest absolute Gasteiger partial charge is 0.454 e. The van der Waals surface area contributed by atoms with E-state index in [4.69, 9.17) is 4.74 Å². The quantitative estimate of drug-likeness (QED) is 0.757. The highest BCUT2D eigenvalue weighted by atomic mass is 19.1. The third kappa shape index (κ3) is 5.82. The molecule has 0 spiro atoms. The Morgan fingerprint density at radius 3 is 2.73 bits per heavy atom. The summed E-state index contributed by atoms with van der Waals surface area (Å²) < 4.78 is 17.9. The average molecular weight is 364 g/mol. The Hall–Kier alpha value is -2.44. The van der Waals surface area contributed by atoms with Crippen molar-refractivity contribution in [3.63, 3.8) is 0 Å². The number of amides is 2. The lowest BCUT2D eigenvalue weighted by molar-refractivity contribution is -0.147. The van der Waals surface area contributed by atoms with E-state index in [0.29, 0.717) is 11.8 Å². The van der Waals surface area contributed by atoms with E-state index in [1.54, 1.807) is 0 Å². The fourth-order valence-corrected chi connectivity index (χ4v) is 3.12. The average Bonchev–Trinajstić information content (AvgIpc) is 2.61. The van der Waals surface area contributed by atoms with Crippen LogP contribution in [-0.2, 0) is 14.3 Å². The van der Waals surface area contributed by atoms with E-state index in [1.165, 1.54) is 18.2 Å². The minimum Gasteiger partial charge on any atom is -0.454 e. The highest BCUT2D eigenvalue weighted by Gasteiger charge is 2.28. The van der Waals surface area contributed by atoms with Gasteiger partial charge in [0.2, 0.25) is 0 Å². The number of carbonyl (C=O) groups excluding carboxylic acids is 3. The van der Waals surface area contributed by atoms with Gasteiger partial charge in [-0.25, -0.2) is 4.39 Å². The molecule has 1 aliphatic carbocycles. The summed E-state index contributed by atoms with van der Waals surface area (Å²) in [6, 6.07) is 5.22. The van der Waals surface area contributed by atoms with Gasteiger partial charge in [-0.05, 0) is 36.5 Å². The first-order chi connectivity index (χ1) is 12.4. The van der Waals surface area contributed by atoms with Crippen molar-refractivity contribution in [2.45, 2.75) is 39.2 Å². The van der Waals surface area contributed by atoms with E-state index < -0.39 is 17.7 Å². The first-order valence-corrected chi connectivity index (χ1v) is 8.85. The van der Waals surface area contributed by atoms with Crippen molar-refractivity contribution in [2.24, 2.45) is 11.8 Å². The summed E-state index contributed by atoms with van der Waals surface area (Å²) >= 11 is 0. The van der Waals surface area contributed by atoms with Crippen LogP contribution in [0.3, 0.4) is 0 Å². The number of benzene rings is 1. The number of esters is 1. The van der Waals surface area contributed by atoms with Crippen LogP contribution in [-0.4, -0.2) is 37.0 Å². The van der Waals surface area contributed by atoms with E-state index in [1.807, 2.05) is 0 Å². The maximum atomic E-state index is 13.1. The Kier molecular flexibility index (Phi) is 7.12. The SMILES string of the molecule is C[C@H]1[C@@H](NC(=O)COC(=O)CNC(=O)c2cccc(F)c2)CCC[C@@H]1C. The van der Waals surface area contributed by atoms with E-state index >= 15 is 0 Å². The molecular weight excluding hydrogens is 339 g/mol. The summed E-state index contributed by atoms with van der Waals surface area (Å²) in [7, 11) is 0. The Balaban J connectivity index is 1.69. The van der Waals surface area contributed by atoms with Gasteiger partial charge in [-0.2, -0.15) is 0 Å². The monoisotopic (exact) mass is 364 g/mol. The van der Waals surface area contributed by atoms with Crippen LogP contribution in [0.5, 0.6) is 0 Å². The molecule has 0 heterocycles. The van der Waals surface area contributed by atoms with Gasteiger partial charge in [0, 0.05) is 11.6 Å². The minimum absolute atomic E-state index is 0.0950. The summed E-state index contributed by atoms with van der Waals surface area (Å²) in [6.45, 7) is 3.51. The summed E-state index contributed by atoms with van der Waals surface area (Å²) in [5.74, 6) is -1.27. The molecule has 142 valence electrons. The second kappa shape index (κ2) is 9.31. The molecule has 0 bridgehead atoms. The molecule has 2 amide bonds. The van der Waals surface area contributed by atoms with Gasteiger partial charge in [-0.15, -0.1) is 0 Å². The fraction of sp³-hybridized carbons (Fsp3) is 0.526. The zero-order valence-electron chi connectivity index (χ0n) is 15.1. The van der Waals surface area contributed by atoms with Crippen LogP contribution in [0.25, 0.3) is 0 Å². The number of rotatable bonds is 6. The van der Waals surface area contributed by atoms with Gasteiger partial charge >= 0.3 is 5.97 Å². The number of ether oxygens (including phenoxy) is 1. The maximum Gasteiger partial charge on any atom is 0.325 e. The summed E-state index contributed by atoms with van der Waals surface area (Å²) in [4.78, 5) is 35.4. The van der Waals surface area contributed by atoms with Crippen LogP contribution in [0.1, 0.15) is 43.5 Å². The number of hydrogen-bond donors (Lipinski definition) is 2. The molecule has 3 atom stereocenters. The molecule has 1 saturated carbocycles. The molecule has 1 aliphatic rings. The maximum absolute atomic E-state index is 13.1. The van der Waals surface area contributed by atoms with Crippen LogP contribution < -0.4 is 10.6 Å². The van der Waals surface area contributed by atoms with Gasteiger partial charge in [0.1, 0.15) is 12.4 Å². The summed E-state index contributed by atoms with van der Waals surface area (Å²) in [5.41, 5.74) is 0.107. The second-order valence-corrected chi connectivity index (χ2v) is 6.80. The molecule has 0 aromatic heterocycles. The Morgan fingerprint density at radius 2 is 2.00 bits per heavy atom. The molecule has 1 fully saturated rings. The zero-order chi connectivity index (χ0) is 19.1. The van der Waals surface area contributed by atoms with Crippen molar-refractivity contribution in [3.8, 4) is 0 Å². The van der Waals surface area contributed by atoms with Gasteiger partial charge in [-0.1, -0.05) is 32.8 Å². The summed E-state index contributed by atoms with van der Waals surface area (Å²) in [6.07, 6.45) is 3.16. The number of nitrogens with one attached hydrogen (secondary N) is 2. The lowest BCUT2D eigenvalue weighted by atomic mass is 9.78. The Labute approximate surface area is 152 Å². The Bertz CT molecular complexity index is 665. The molecular formula is C19H25FN2O4. The highest BCUT2D eigenvalue weighted by molar-refractivity contribution is 5.96. The normalized spacial score (nSPS) is 22.3. The van der Waals surface area contributed by atoms with Crippen LogP contribution in [0, 0.1) is 17.7 Å². The predicted octanol–water partition coefficient (Wildman–Crippen LogP) is 2.04. The van der Waals surface area contributed by atoms with Crippen molar-refractivity contribution < 1.29 is 23.5 Å². The van der Waals surface area contributed by atoms with Crippen molar-refractivity contribution in [1.82, 2.24) is 10.6 Å². The van der Waals surface area contributed by atoms with Crippen LogP contribution in [0.4, 0.5) is 4.39 Å². The first-order valence-electron chi connectivity index (χ1n) is 8.85. The molecule has 0 aliphatic heterocycles. The fourth-order valence-electron chi connectivity index (χ4n) is 3.12. The molecule has 6 nitrogen and oxygen atoms in total. The lowest BCUT2D eigenvalue weighted by Crippen LogP contribution is -2.45. The van der Waals surface area contributed by atoms with Crippen LogP contribution in [0.2, 0.25) is 0 Å². The van der Waals surface area contributed by atoms with Crippen molar-refractivity contribution in [2.75, 3.05) is 13.2 Å². The number of hydrogen-bond acceptors (Lipinski definition) is 4. The molecule has 7 heteroatoms. The minimum atomic E-state index is -0.727. The van der Waals surface area contributed by atoms with Gasteiger partial charge < -0.3 is 15.4 Å². The van der Waals surface area contributed by atoms with Gasteiger partial charge in [0.15, 0.2) is 6.61 Å². The van der Waals surface area contributed by atoms with Gasteiger partial charge in [-0.3, -0.25) is 14.4 Å². The molecule has 1 aromatic carbocycles. The third-order valence-electron chi connectivity index (χ3n) is 4.90. The first kappa shape index (κ1) is 19.9. The van der Waals surface area contributed by atoms with Crippen LogP contribution in [0.15, 0.2) is 24.3 Å². The van der Waals surface area contributed by atoms with Crippen molar-refractivity contribution in [1.29, 1.82) is 0 Å². The number of halogens is 1. The topological polar surface area (TPSA) is 84.5 Å². The molecule has 2 N–H and O–H groups in total. The molecule has 26 heavy (non-hydrogen) atoms. The lowest BCUT2D eigenvalue weighted by Gasteiger charge is -2.34. The van der Waals surface area contributed by atoms with E-state index in [-0.39, 0.29) is 30.7 Å². The molecule has 2 rings (SSSR count). The molecule has 0 saturated heterocycles. The smallest absolute Gasteiger partial charge is 0.325 e. The summed E-state index contributed by atoms with van der Waals surface area (Å²) in [5, 5.41) is 5.24. The van der Waals surface area contributed by atoms with Gasteiger partial charge in [0.05, 0.1) is 0 Å². The molecule has 0 unspecified atom stereocenters. The zero-order valence-corrected chi connectivity index (χ0v) is 15.1. The van der Waals surface area contributed by atoms with Crippen LogP contribution >= 0.6 is 0 Å². The van der Waals surface area contributed by atoms with Gasteiger partial charge in [0.25, 0.3) is 11.8 Å². The van der Waals surface area contributed by atoms with Crippen molar-refractivity contribution >= 4 is 17.8 Å². The standard InChI is InChI=1S/C19H25FN2O4/c1-12-5-3-8-16(13(12)2)22-17(23)11-26-18(24)10-21-19(25)14-6-4-7-15(20)9-14/h4,6-7,9,12-13,16H,3,5,8,10-11H2,1-2H3,(H,21,25)(H,22,23)/t12-,13+,16-/m0/s1. The third-order valence-corrected chi connectivity index (χ3v) is 4.90. The Morgan fingerprint density at radius 1 is 1.23 bits per heavy atom. The molecule has 0 radical (unpaired) electrons. The van der Waals surface area contributed by atoms with E-state index in [9.17, 15) is 18.8 Å². The molecule has 1 aromatic rings. The number of carbonyl (C=O) groups is 3. The highest BCUT2D eigenvalue weighted by Crippen LogP contribution is 2.29.